The topological polar surface area (TPSA) is 63.2 Å². The zero-order valence-electron chi connectivity index (χ0n) is 13.2. The Morgan fingerprint density at radius 2 is 1.57 bits per heavy atom. The van der Waals surface area contributed by atoms with Crippen molar-refractivity contribution < 1.29 is 13.2 Å². The summed E-state index contributed by atoms with van der Waals surface area (Å²) in [6.07, 6.45) is 1.20. The number of rotatable bonds is 8. The van der Waals surface area contributed by atoms with Crippen molar-refractivity contribution in [3.05, 3.63) is 71.3 Å². The van der Waals surface area contributed by atoms with E-state index in [4.69, 9.17) is 0 Å². The van der Waals surface area contributed by atoms with E-state index in [1.807, 2.05) is 37.3 Å². The summed E-state index contributed by atoms with van der Waals surface area (Å²) in [5.41, 5.74) is 2.29. The second-order valence-electron chi connectivity index (χ2n) is 5.36. The Bertz CT molecular complexity index is 738. The summed E-state index contributed by atoms with van der Waals surface area (Å²) in [4.78, 5) is 12.3. The lowest BCUT2D eigenvalue weighted by Crippen LogP contribution is -2.28. The van der Waals surface area contributed by atoms with E-state index in [-0.39, 0.29) is 11.5 Å². The molecule has 2 aromatic rings. The first kappa shape index (κ1) is 17.4. The van der Waals surface area contributed by atoms with E-state index >= 15 is 0 Å². The Morgan fingerprint density at radius 1 is 0.957 bits per heavy atom. The smallest absolute Gasteiger partial charge is 0.211 e. The van der Waals surface area contributed by atoms with E-state index in [1.54, 1.807) is 24.3 Å². The fourth-order valence-electron chi connectivity index (χ4n) is 2.27. The summed E-state index contributed by atoms with van der Waals surface area (Å²) >= 11 is 0. The van der Waals surface area contributed by atoms with Gasteiger partial charge in [0.15, 0.2) is 5.78 Å². The molecule has 122 valence electrons. The van der Waals surface area contributed by atoms with Crippen molar-refractivity contribution in [2.75, 3.05) is 12.3 Å². The fraction of sp³-hybridized carbons (Fsp3) is 0.278. The predicted molar refractivity (Wildman–Crippen MR) is 92.1 cm³/mol. The van der Waals surface area contributed by atoms with Gasteiger partial charge in [0.1, 0.15) is 0 Å². The van der Waals surface area contributed by atoms with E-state index in [0.29, 0.717) is 30.5 Å². The highest BCUT2D eigenvalue weighted by atomic mass is 32.2. The second kappa shape index (κ2) is 8.04. The number of nitrogens with one attached hydrogen (secondary N) is 1. The van der Waals surface area contributed by atoms with Gasteiger partial charge in [0.2, 0.25) is 10.0 Å². The van der Waals surface area contributed by atoms with Gasteiger partial charge in [0, 0.05) is 17.7 Å². The molecule has 0 spiro atoms. The molecule has 0 unspecified atom stereocenters. The van der Waals surface area contributed by atoms with Gasteiger partial charge in [-0.25, -0.2) is 13.1 Å². The first-order valence-corrected chi connectivity index (χ1v) is 9.33. The quantitative estimate of drug-likeness (QED) is 0.757. The van der Waals surface area contributed by atoms with Crippen molar-refractivity contribution in [1.29, 1.82) is 0 Å². The molecule has 0 amide bonds. The van der Waals surface area contributed by atoms with Crippen molar-refractivity contribution in [3.8, 4) is 0 Å². The van der Waals surface area contributed by atoms with Gasteiger partial charge < -0.3 is 0 Å². The van der Waals surface area contributed by atoms with E-state index < -0.39 is 10.0 Å². The molecule has 0 aliphatic heterocycles. The SMILES string of the molecule is CCCS(=O)(=O)NCCc1ccc(C(=O)c2ccccc2)cc1. The molecule has 0 atom stereocenters. The van der Waals surface area contributed by atoms with E-state index in [2.05, 4.69) is 4.72 Å². The Labute approximate surface area is 137 Å². The van der Waals surface area contributed by atoms with Crippen LogP contribution in [-0.2, 0) is 16.4 Å². The number of carbonyl (C=O) groups excluding carboxylic acids is 1. The Balaban J connectivity index is 1.94. The van der Waals surface area contributed by atoms with Gasteiger partial charge in [-0.15, -0.1) is 0 Å². The zero-order chi connectivity index (χ0) is 16.7. The van der Waals surface area contributed by atoms with Crippen LogP contribution in [-0.4, -0.2) is 26.5 Å². The lowest BCUT2D eigenvalue weighted by molar-refractivity contribution is 0.103. The van der Waals surface area contributed by atoms with Crippen LogP contribution in [0.5, 0.6) is 0 Å². The van der Waals surface area contributed by atoms with Crippen molar-refractivity contribution in [1.82, 2.24) is 4.72 Å². The zero-order valence-corrected chi connectivity index (χ0v) is 14.0. The summed E-state index contributed by atoms with van der Waals surface area (Å²) in [5, 5.41) is 0. The van der Waals surface area contributed by atoms with Crippen molar-refractivity contribution in [2.45, 2.75) is 19.8 Å². The minimum atomic E-state index is -3.16. The molecule has 23 heavy (non-hydrogen) atoms. The van der Waals surface area contributed by atoms with Crippen LogP contribution in [0.4, 0.5) is 0 Å². The number of benzene rings is 2. The molecule has 0 saturated carbocycles. The first-order valence-electron chi connectivity index (χ1n) is 7.68. The van der Waals surface area contributed by atoms with Gasteiger partial charge in [-0.05, 0) is 18.4 Å². The number of hydrogen-bond acceptors (Lipinski definition) is 3. The molecule has 0 heterocycles. The minimum Gasteiger partial charge on any atom is -0.289 e. The average molecular weight is 331 g/mol. The summed E-state index contributed by atoms with van der Waals surface area (Å²) in [5.74, 6) is 0.137. The van der Waals surface area contributed by atoms with Gasteiger partial charge in [0.05, 0.1) is 5.75 Å². The average Bonchev–Trinajstić information content (AvgIpc) is 2.55. The maximum Gasteiger partial charge on any atom is 0.211 e. The molecule has 4 nitrogen and oxygen atoms in total. The number of sulfonamides is 1. The third-order valence-electron chi connectivity index (χ3n) is 3.46. The molecule has 2 rings (SSSR count). The van der Waals surface area contributed by atoms with E-state index in [9.17, 15) is 13.2 Å². The molecule has 0 fully saturated rings. The second-order valence-corrected chi connectivity index (χ2v) is 7.28. The van der Waals surface area contributed by atoms with Crippen LogP contribution in [0, 0.1) is 0 Å². The third-order valence-corrected chi connectivity index (χ3v) is 5.05. The van der Waals surface area contributed by atoms with Crippen LogP contribution in [0.2, 0.25) is 0 Å². The van der Waals surface area contributed by atoms with Gasteiger partial charge in [-0.3, -0.25) is 4.79 Å². The van der Waals surface area contributed by atoms with E-state index in [0.717, 1.165) is 5.56 Å². The van der Waals surface area contributed by atoms with Crippen LogP contribution >= 0.6 is 0 Å². The highest BCUT2D eigenvalue weighted by molar-refractivity contribution is 7.89. The number of ketones is 1. The largest absolute Gasteiger partial charge is 0.289 e. The standard InChI is InChI=1S/C18H21NO3S/c1-2-14-23(21,22)19-13-12-15-8-10-17(11-9-15)18(20)16-6-4-3-5-7-16/h3-11,19H,2,12-14H2,1H3. The minimum absolute atomic E-state index is 0.0131. The first-order chi connectivity index (χ1) is 11.0. The molecule has 1 N–H and O–H groups in total. The Hall–Kier alpha value is -1.98. The summed E-state index contributed by atoms with van der Waals surface area (Å²) in [7, 11) is -3.16. The Kier molecular flexibility index (Phi) is 6.07. The number of carbonyl (C=O) groups is 1. The predicted octanol–water partition coefficient (Wildman–Crippen LogP) is 2.79. The van der Waals surface area contributed by atoms with Crippen molar-refractivity contribution >= 4 is 15.8 Å². The van der Waals surface area contributed by atoms with Gasteiger partial charge in [0.25, 0.3) is 0 Å². The molecule has 0 aliphatic rings. The Morgan fingerprint density at radius 3 is 2.17 bits per heavy atom. The molecule has 0 bridgehead atoms. The monoisotopic (exact) mass is 331 g/mol. The van der Waals surface area contributed by atoms with Gasteiger partial charge in [-0.2, -0.15) is 0 Å². The maximum absolute atomic E-state index is 12.3. The van der Waals surface area contributed by atoms with Gasteiger partial charge in [-0.1, -0.05) is 61.5 Å². The summed E-state index contributed by atoms with van der Waals surface area (Å²) < 4.78 is 25.7. The normalized spacial score (nSPS) is 11.3. The summed E-state index contributed by atoms with van der Waals surface area (Å²) in [6, 6.07) is 16.4. The molecular weight excluding hydrogens is 310 g/mol. The highest BCUT2D eigenvalue weighted by Crippen LogP contribution is 2.11. The van der Waals surface area contributed by atoms with Crippen LogP contribution in [0.25, 0.3) is 0 Å². The highest BCUT2D eigenvalue weighted by Gasteiger charge is 2.09. The molecule has 5 heteroatoms. The molecule has 0 saturated heterocycles. The molecule has 0 aromatic heterocycles. The lowest BCUT2D eigenvalue weighted by atomic mass is 10.0. The fourth-order valence-corrected chi connectivity index (χ4v) is 3.37. The molecule has 0 aliphatic carbocycles. The van der Waals surface area contributed by atoms with Crippen molar-refractivity contribution in [3.63, 3.8) is 0 Å². The van der Waals surface area contributed by atoms with Crippen molar-refractivity contribution in [2.24, 2.45) is 0 Å². The number of hydrogen-bond donors (Lipinski definition) is 1. The van der Waals surface area contributed by atoms with Crippen LogP contribution in [0.15, 0.2) is 54.6 Å². The molecular formula is C18H21NO3S. The van der Waals surface area contributed by atoms with E-state index in [1.165, 1.54) is 0 Å². The maximum atomic E-state index is 12.3. The molecule has 0 radical (unpaired) electrons. The summed E-state index contributed by atoms with van der Waals surface area (Å²) in [6.45, 7) is 2.20. The molecule has 2 aromatic carbocycles. The van der Waals surface area contributed by atoms with Gasteiger partial charge >= 0.3 is 0 Å². The van der Waals surface area contributed by atoms with Crippen LogP contribution < -0.4 is 4.72 Å². The lowest BCUT2D eigenvalue weighted by Gasteiger charge is -2.06. The van der Waals surface area contributed by atoms with Crippen LogP contribution in [0.3, 0.4) is 0 Å². The third kappa shape index (κ3) is 5.30. The van der Waals surface area contributed by atoms with Crippen LogP contribution in [0.1, 0.15) is 34.8 Å².